The second-order valence-electron chi connectivity index (χ2n) is 8.40. The van der Waals surface area contributed by atoms with E-state index in [4.69, 9.17) is 0 Å². The number of rotatable bonds is 9. The summed E-state index contributed by atoms with van der Waals surface area (Å²) in [5.41, 5.74) is 3.83. The Morgan fingerprint density at radius 2 is 1.44 bits per heavy atom. The van der Waals surface area contributed by atoms with Gasteiger partial charge in [-0.3, -0.25) is 0 Å². The lowest BCUT2D eigenvalue weighted by Gasteiger charge is -2.27. The molecule has 2 aromatic rings. The monoisotopic (exact) mass is 364 g/mol. The Bertz CT molecular complexity index is 652. The molecule has 1 saturated carbocycles. The summed E-state index contributed by atoms with van der Waals surface area (Å²) in [5.74, 6) is 2.79. The molecule has 2 nitrogen and oxygen atoms in total. The second-order valence-corrected chi connectivity index (χ2v) is 8.40. The Labute approximate surface area is 165 Å². The number of benzene rings is 1. The Balaban J connectivity index is 1.48. The SMILES string of the molecule is CCCCCc1cnc(-c2ccc(CCC3CCC(CC)CC3)cc2)nc1. The van der Waals surface area contributed by atoms with Gasteiger partial charge in [0.25, 0.3) is 0 Å². The van der Waals surface area contributed by atoms with Crippen LogP contribution in [-0.2, 0) is 12.8 Å². The predicted molar refractivity (Wildman–Crippen MR) is 115 cm³/mol. The highest BCUT2D eigenvalue weighted by molar-refractivity contribution is 5.55. The lowest BCUT2D eigenvalue weighted by molar-refractivity contribution is 0.259. The van der Waals surface area contributed by atoms with Crippen molar-refractivity contribution in [3.8, 4) is 11.4 Å². The molecule has 1 aliphatic carbocycles. The molecule has 0 aliphatic heterocycles. The fraction of sp³-hybridized carbons (Fsp3) is 0.600. The average molecular weight is 365 g/mol. The van der Waals surface area contributed by atoms with Crippen LogP contribution in [0.3, 0.4) is 0 Å². The van der Waals surface area contributed by atoms with Crippen molar-refractivity contribution in [2.45, 2.75) is 84.5 Å². The van der Waals surface area contributed by atoms with Crippen LogP contribution in [0, 0.1) is 11.8 Å². The summed E-state index contributed by atoms with van der Waals surface area (Å²) < 4.78 is 0. The quantitative estimate of drug-likeness (QED) is 0.446. The molecule has 0 spiro atoms. The van der Waals surface area contributed by atoms with Gasteiger partial charge in [-0.25, -0.2) is 9.97 Å². The maximum absolute atomic E-state index is 4.58. The molecule has 1 heterocycles. The standard InChI is InChI=1S/C25H36N2/c1-3-5-6-7-23-18-26-25(27-19-23)24-16-14-22(15-17-24)13-12-21-10-8-20(4-2)9-11-21/h14-21H,3-13H2,1-2H3. The highest BCUT2D eigenvalue weighted by atomic mass is 14.9. The zero-order valence-corrected chi connectivity index (χ0v) is 17.3. The van der Waals surface area contributed by atoms with Crippen LogP contribution < -0.4 is 0 Å². The van der Waals surface area contributed by atoms with Crippen LogP contribution in [0.4, 0.5) is 0 Å². The summed E-state index contributed by atoms with van der Waals surface area (Å²) in [6, 6.07) is 8.92. The summed E-state index contributed by atoms with van der Waals surface area (Å²) >= 11 is 0. The van der Waals surface area contributed by atoms with Crippen LogP contribution in [0.5, 0.6) is 0 Å². The van der Waals surface area contributed by atoms with E-state index in [0.29, 0.717) is 0 Å². The highest BCUT2D eigenvalue weighted by Gasteiger charge is 2.19. The van der Waals surface area contributed by atoms with Crippen LogP contribution in [0.15, 0.2) is 36.7 Å². The lowest BCUT2D eigenvalue weighted by Crippen LogP contribution is -2.14. The predicted octanol–water partition coefficient (Wildman–Crippen LogP) is 7.03. The summed E-state index contributed by atoms with van der Waals surface area (Å²) in [4.78, 5) is 9.16. The molecule has 1 aromatic heterocycles. The van der Waals surface area contributed by atoms with E-state index in [2.05, 4.69) is 48.1 Å². The van der Waals surface area contributed by atoms with Crippen molar-refractivity contribution in [2.75, 3.05) is 0 Å². The van der Waals surface area contributed by atoms with Gasteiger partial charge in [0.05, 0.1) is 0 Å². The molecular weight excluding hydrogens is 328 g/mol. The third-order valence-corrected chi connectivity index (χ3v) is 6.37. The molecule has 0 bridgehead atoms. The number of hydrogen-bond donors (Lipinski definition) is 0. The lowest BCUT2D eigenvalue weighted by atomic mass is 9.78. The largest absolute Gasteiger partial charge is 0.236 e. The molecule has 3 rings (SSSR count). The minimum Gasteiger partial charge on any atom is -0.236 e. The average Bonchev–Trinajstić information content (AvgIpc) is 2.74. The molecule has 1 aliphatic rings. The highest BCUT2D eigenvalue weighted by Crippen LogP contribution is 2.33. The first-order valence-corrected chi connectivity index (χ1v) is 11.2. The molecule has 0 radical (unpaired) electrons. The van der Waals surface area contributed by atoms with Gasteiger partial charge in [0.2, 0.25) is 0 Å². The van der Waals surface area contributed by atoms with Crippen molar-refractivity contribution in [3.05, 3.63) is 47.8 Å². The van der Waals surface area contributed by atoms with Gasteiger partial charge in [0.15, 0.2) is 5.82 Å². The molecule has 1 aromatic carbocycles. The first-order chi connectivity index (χ1) is 13.3. The van der Waals surface area contributed by atoms with Gasteiger partial charge < -0.3 is 0 Å². The van der Waals surface area contributed by atoms with E-state index >= 15 is 0 Å². The van der Waals surface area contributed by atoms with E-state index in [1.165, 1.54) is 75.3 Å². The van der Waals surface area contributed by atoms with E-state index in [-0.39, 0.29) is 0 Å². The Morgan fingerprint density at radius 3 is 2.07 bits per heavy atom. The van der Waals surface area contributed by atoms with Crippen LogP contribution in [0.25, 0.3) is 11.4 Å². The molecular formula is C25H36N2. The number of hydrogen-bond acceptors (Lipinski definition) is 2. The molecule has 2 heteroatoms. The third kappa shape index (κ3) is 6.16. The van der Waals surface area contributed by atoms with Gasteiger partial charge >= 0.3 is 0 Å². The fourth-order valence-corrected chi connectivity index (χ4v) is 4.33. The third-order valence-electron chi connectivity index (χ3n) is 6.37. The van der Waals surface area contributed by atoms with Crippen molar-refractivity contribution in [3.63, 3.8) is 0 Å². The van der Waals surface area contributed by atoms with Crippen molar-refractivity contribution >= 4 is 0 Å². The summed E-state index contributed by atoms with van der Waals surface area (Å²) in [6.45, 7) is 4.58. The van der Waals surface area contributed by atoms with Crippen molar-refractivity contribution in [2.24, 2.45) is 11.8 Å². The van der Waals surface area contributed by atoms with Crippen LogP contribution in [-0.4, -0.2) is 9.97 Å². The van der Waals surface area contributed by atoms with Gasteiger partial charge in [-0.05, 0) is 48.6 Å². The van der Waals surface area contributed by atoms with Gasteiger partial charge in [-0.15, -0.1) is 0 Å². The van der Waals surface area contributed by atoms with E-state index in [1.807, 2.05) is 12.4 Å². The van der Waals surface area contributed by atoms with E-state index in [0.717, 1.165) is 29.6 Å². The Hall–Kier alpha value is -1.70. The molecule has 0 atom stereocenters. The zero-order valence-electron chi connectivity index (χ0n) is 17.3. The topological polar surface area (TPSA) is 25.8 Å². The Kier molecular flexibility index (Phi) is 7.86. The van der Waals surface area contributed by atoms with Crippen molar-refractivity contribution in [1.82, 2.24) is 9.97 Å². The van der Waals surface area contributed by atoms with Crippen LogP contribution >= 0.6 is 0 Å². The van der Waals surface area contributed by atoms with Crippen molar-refractivity contribution < 1.29 is 0 Å². The first-order valence-electron chi connectivity index (χ1n) is 11.2. The summed E-state index contributed by atoms with van der Waals surface area (Å²) in [6.07, 6.45) is 18.6. The number of nitrogens with zero attached hydrogens (tertiary/aromatic N) is 2. The van der Waals surface area contributed by atoms with E-state index in [1.54, 1.807) is 0 Å². The minimum absolute atomic E-state index is 0.846. The maximum atomic E-state index is 4.58. The summed E-state index contributed by atoms with van der Waals surface area (Å²) in [7, 11) is 0. The fourth-order valence-electron chi connectivity index (χ4n) is 4.33. The van der Waals surface area contributed by atoms with Crippen molar-refractivity contribution in [1.29, 1.82) is 0 Å². The molecule has 0 amide bonds. The number of unbranched alkanes of at least 4 members (excludes halogenated alkanes) is 2. The molecule has 0 N–H and O–H groups in total. The Morgan fingerprint density at radius 1 is 0.778 bits per heavy atom. The van der Waals surface area contributed by atoms with Gasteiger partial charge in [-0.1, -0.05) is 83.1 Å². The summed E-state index contributed by atoms with van der Waals surface area (Å²) in [5, 5.41) is 0. The first kappa shape index (κ1) is 20.0. The van der Waals surface area contributed by atoms with E-state index < -0.39 is 0 Å². The normalized spacial score (nSPS) is 19.9. The molecule has 0 saturated heterocycles. The zero-order chi connectivity index (χ0) is 18.9. The maximum Gasteiger partial charge on any atom is 0.159 e. The van der Waals surface area contributed by atoms with Gasteiger partial charge in [-0.2, -0.15) is 0 Å². The molecule has 1 fully saturated rings. The van der Waals surface area contributed by atoms with Crippen LogP contribution in [0.2, 0.25) is 0 Å². The van der Waals surface area contributed by atoms with Gasteiger partial charge in [0.1, 0.15) is 0 Å². The molecule has 0 unspecified atom stereocenters. The van der Waals surface area contributed by atoms with Crippen LogP contribution in [0.1, 0.15) is 82.8 Å². The number of aromatic nitrogens is 2. The molecule has 27 heavy (non-hydrogen) atoms. The second kappa shape index (κ2) is 10.6. The smallest absolute Gasteiger partial charge is 0.159 e. The van der Waals surface area contributed by atoms with Gasteiger partial charge in [0, 0.05) is 18.0 Å². The number of aryl methyl sites for hydroxylation is 2. The minimum atomic E-state index is 0.846. The molecule has 146 valence electrons. The van der Waals surface area contributed by atoms with E-state index in [9.17, 15) is 0 Å².